The molecule has 9 heteroatoms. The van der Waals surface area contributed by atoms with Gasteiger partial charge in [-0.25, -0.2) is 9.97 Å². The van der Waals surface area contributed by atoms with E-state index >= 15 is 0 Å². The molecular formula is C24H23N7O2. The van der Waals surface area contributed by atoms with Crippen molar-refractivity contribution in [3.63, 3.8) is 0 Å². The van der Waals surface area contributed by atoms with Crippen LogP contribution in [0.2, 0.25) is 0 Å². The number of nitrogens with zero attached hydrogens (tertiary/aromatic N) is 5. The third kappa shape index (κ3) is 4.12. The minimum absolute atomic E-state index is 0.132. The number of amides is 1. The van der Waals surface area contributed by atoms with Crippen LogP contribution in [0.25, 0.3) is 11.5 Å². The van der Waals surface area contributed by atoms with E-state index in [0.29, 0.717) is 23.6 Å². The molecule has 4 aromatic rings. The fourth-order valence-electron chi connectivity index (χ4n) is 3.90. The SMILES string of the molecule is CC1Oc2ccccc2C1NC(=O)c1cccc(NCc2nnc(-c3ccncn3)n2C)c1. The third-order valence-corrected chi connectivity index (χ3v) is 5.67. The number of nitrogens with one attached hydrogen (secondary N) is 2. The lowest BCUT2D eigenvalue weighted by molar-refractivity contribution is 0.0908. The summed E-state index contributed by atoms with van der Waals surface area (Å²) in [5, 5.41) is 14.9. The van der Waals surface area contributed by atoms with Gasteiger partial charge in [-0.3, -0.25) is 4.79 Å². The van der Waals surface area contributed by atoms with E-state index in [1.54, 1.807) is 18.3 Å². The van der Waals surface area contributed by atoms with Crippen LogP contribution in [-0.4, -0.2) is 36.7 Å². The van der Waals surface area contributed by atoms with Gasteiger partial charge in [0, 0.05) is 30.1 Å². The molecule has 166 valence electrons. The van der Waals surface area contributed by atoms with Gasteiger partial charge >= 0.3 is 0 Å². The average Bonchev–Trinajstić information content (AvgIpc) is 3.37. The Balaban J connectivity index is 1.27. The van der Waals surface area contributed by atoms with E-state index in [0.717, 1.165) is 22.8 Å². The van der Waals surface area contributed by atoms with Crippen molar-refractivity contribution in [1.82, 2.24) is 30.0 Å². The quantitative estimate of drug-likeness (QED) is 0.473. The second-order valence-electron chi connectivity index (χ2n) is 7.84. The van der Waals surface area contributed by atoms with Gasteiger partial charge in [-0.2, -0.15) is 0 Å². The van der Waals surface area contributed by atoms with Crippen molar-refractivity contribution in [2.45, 2.75) is 25.6 Å². The van der Waals surface area contributed by atoms with Crippen LogP contribution in [0.5, 0.6) is 5.75 Å². The first-order valence-electron chi connectivity index (χ1n) is 10.6. The highest BCUT2D eigenvalue weighted by atomic mass is 16.5. The summed E-state index contributed by atoms with van der Waals surface area (Å²) in [5.74, 6) is 2.07. The van der Waals surface area contributed by atoms with Gasteiger partial charge in [-0.05, 0) is 37.3 Å². The highest BCUT2D eigenvalue weighted by molar-refractivity contribution is 5.95. The monoisotopic (exact) mass is 441 g/mol. The van der Waals surface area contributed by atoms with Crippen LogP contribution in [0, 0.1) is 0 Å². The molecule has 0 fully saturated rings. The normalized spacial score (nSPS) is 16.7. The number of aromatic nitrogens is 5. The lowest BCUT2D eigenvalue weighted by Gasteiger charge is -2.17. The summed E-state index contributed by atoms with van der Waals surface area (Å²) < 4.78 is 7.74. The first kappa shape index (κ1) is 20.6. The molecule has 2 aromatic carbocycles. The van der Waals surface area contributed by atoms with Gasteiger partial charge in [0.1, 0.15) is 23.9 Å². The fraction of sp³-hybridized carbons (Fsp3) is 0.208. The van der Waals surface area contributed by atoms with Gasteiger partial charge in [0.05, 0.1) is 12.6 Å². The zero-order valence-corrected chi connectivity index (χ0v) is 18.3. The predicted octanol–water partition coefficient (Wildman–Crippen LogP) is 3.14. The Hall–Kier alpha value is -4.27. The highest BCUT2D eigenvalue weighted by Crippen LogP contribution is 2.36. The van der Waals surface area contributed by atoms with Crippen LogP contribution in [0.15, 0.2) is 67.1 Å². The van der Waals surface area contributed by atoms with E-state index in [9.17, 15) is 4.79 Å². The smallest absolute Gasteiger partial charge is 0.251 e. The highest BCUT2D eigenvalue weighted by Gasteiger charge is 2.32. The number of hydrogen-bond acceptors (Lipinski definition) is 7. The number of carbonyl (C=O) groups is 1. The topological polar surface area (TPSA) is 107 Å². The largest absolute Gasteiger partial charge is 0.488 e. The Bertz CT molecular complexity index is 1290. The summed E-state index contributed by atoms with van der Waals surface area (Å²) in [5.41, 5.74) is 3.08. The van der Waals surface area contributed by atoms with E-state index < -0.39 is 0 Å². The lowest BCUT2D eigenvalue weighted by atomic mass is 10.0. The summed E-state index contributed by atoms with van der Waals surface area (Å²) in [4.78, 5) is 21.1. The molecule has 0 saturated carbocycles. The molecule has 33 heavy (non-hydrogen) atoms. The summed E-state index contributed by atoms with van der Waals surface area (Å²) in [6.45, 7) is 2.40. The van der Waals surface area contributed by atoms with Gasteiger partial charge in [-0.1, -0.05) is 24.3 Å². The number of fused-ring (bicyclic) bond motifs is 1. The molecule has 3 heterocycles. The number of rotatable bonds is 6. The Kier molecular flexibility index (Phi) is 5.43. The van der Waals surface area contributed by atoms with Crippen LogP contribution < -0.4 is 15.4 Å². The van der Waals surface area contributed by atoms with Crippen molar-refractivity contribution in [3.05, 3.63) is 84.1 Å². The fourth-order valence-corrected chi connectivity index (χ4v) is 3.90. The van der Waals surface area contributed by atoms with Crippen molar-refractivity contribution < 1.29 is 9.53 Å². The van der Waals surface area contributed by atoms with Crippen LogP contribution in [0.4, 0.5) is 5.69 Å². The maximum atomic E-state index is 13.0. The molecule has 2 aromatic heterocycles. The van der Waals surface area contributed by atoms with E-state index in [1.165, 1.54) is 6.33 Å². The zero-order valence-electron chi connectivity index (χ0n) is 18.3. The van der Waals surface area contributed by atoms with E-state index in [4.69, 9.17) is 4.74 Å². The molecular weight excluding hydrogens is 418 g/mol. The van der Waals surface area contributed by atoms with Gasteiger partial charge in [0.2, 0.25) is 0 Å². The Labute approximate surface area is 190 Å². The van der Waals surface area contributed by atoms with Crippen LogP contribution in [0.3, 0.4) is 0 Å². The molecule has 9 nitrogen and oxygen atoms in total. The second-order valence-corrected chi connectivity index (χ2v) is 7.84. The predicted molar refractivity (Wildman–Crippen MR) is 123 cm³/mol. The molecule has 1 aliphatic heterocycles. The molecule has 0 bridgehead atoms. The Morgan fingerprint density at radius 1 is 1.12 bits per heavy atom. The molecule has 0 spiro atoms. The number of carbonyl (C=O) groups excluding carboxylic acids is 1. The van der Waals surface area contributed by atoms with E-state index in [-0.39, 0.29) is 18.1 Å². The standard InChI is InChI=1S/C24H23N7O2/c1-15-22(18-8-3-4-9-20(18)33-15)28-24(32)16-6-5-7-17(12-16)26-13-21-29-30-23(31(21)2)19-10-11-25-14-27-19/h3-12,14-15,22,26H,13H2,1-2H3,(H,28,32). The number of anilines is 1. The average molecular weight is 441 g/mol. The second kappa shape index (κ2) is 8.70. The summed E-state index contributed by atoms with van der Waals surface area (Å²) in [6, 6.07) is 16.8. The van der Waals surface area contributed by atoms with Crippen molar-refractivity contribution >= 4 is 11.6 Å². The summed E-state index contributed by atoms with van der Waals surface area (Å²) in [7, 11) is 1.89. The maximum Gasteiger partial charge on any atom is 0.251 e. The van der Waals surface area contributed by atoms with Crippen molar-refractivity contribution in [3.8, 4) is 17.3 Å². The number of hydrogen-bond donors (Lipinski definition) is 2. The van der Waals surface area contributed by atoms with Crippen LogP contribution >= 0.6 is 0 Å². The summed E-state index contributed by atoms with van der Waals surface area (Å²) >= 11 is 0. The van der Waals surface area contributed by atoms with E-state index in [1.807, 2.05) is 61.0 Å². The third-order valence-electron chi connectivity index (χ3n) is 5.67. The van der Waals surface area contributed by atoms with Crippen LogP contribution in [0.1, 0.15) is 34.7 Å². The molecule has 0 saturated heterocycles. The van der Waals surface area contributed by atoms with Crippen molar-refractivity contribution in [2.24, 2.45) is 7.05 Å². The molecule has 2 atom stereocenters. The van der Waals surface area contributed by atoms with Gasteiger partial charge in [0.15, 0.2) is 11.6 Å². The number of benzene rings is 2. The first-order valence-corrected chi connectivity index (χ1v) is 10.6. The van der Waals surface area contributed by atoms with Gasteiger partial charge in [-0.15, -0.1) is 10.2 Å². The molecule has 0 aliphatic carbocycles. The lowest BCUT2D eigenvalue weighted by Crippen LogP contribution is -2.33. The van der Waals surface area contributed by atoms with Gasteiger partial charge < -0.3 is 19.9 Å². The maximum absolute atomic E-state index is 13.0. The Morgan fingerprint density at radius 2 is 2.00 bits per heavy atom. The molecule has 0 radical (unpaired) electrons. The molecule has 5 rings (SSSR count). The van der Waals surface area contributed by atoms with Crippen molar-refractivity contribution in [2.75, 3.05) is 5.32 Å². The Morgan fingerprint density at radius 3 is 2.85 bits per heavy atom. The number of para-hydroxylation sites is 1. The van der Waals surface area contributed by atoms with E-state index in [2.05, 4.69) is 30.8 Å². The molecule has 2 N–H and O–H groups in total. The molecule has 1 amide bonds. The summed E-state index contributed by atoms with van der Waals surface area (Å²) in [6.07, 6.45) is 3.02. The van der Waals surface area contributed by atoms with Crippen LogP contribution in [-0.2, 0) is 13.6 Å². The van der Waals surface area contributed by atoms with Crippen molar-refractivity contribution in [1.29, 1.82) is 0 Å². The minimum Gasteiger partial charge on any atom is -0.488 e. The zero-order chi connectivity index (χ0) is 22.8. The minimum atomic E-state index is -0.191. The molecule has 2 unspecified atom stereocenters. The molecule has 1 aliphatic rings. The number of ether oxygens (including phenoxy) is 1. The first-order chi connectivity index (χ1) is 16.1. The van der Waals surface area contributed by atoms with Gasteiger partial charge in [0.25, 0.3) is 5.91 Å².